The Kier molecular flexibility index (Phi) is 5.26. The van der Waals surface area contributed by atoms with E-state index in [0.717, 1.165) is 17.1 Å². The van der Waals surface area contributed by atoms with Gasteiger partial charge in [-0.05, 0) is 24.6 Å². The van der Waals surface area contributed by atoms with Crippen LogP contribution in [0.2, 0.25) is 0 Å². The molecule has 0 saturated carbocycles. The molecule has 0 radical (unpaired) electrons. The number of benzene rings is 2. The quantitative estimate of drug-likeness (QED) is 0.637. The molecule has 6 heteroatoms. The lowest BCUT2D eigenvalue weighted by atomic mass is 9.97. The van der Waals surface area contributed by atoms with Gasteiger partial charge < -0.3 is 0 Å². The summed E-state index contributed by atoms with van der Waals surface area (Å²) in [6.45, 7) is 1.87. The van der Waals surface area contributed by atoms with Crippen molar-refractivity contribution >= 4 is 17.5 Å². The number of Topliss-reactive ketones (excluding diaryl/α,β-unsaturated/α-hetero) is 1. The van der Waals surface area contributed by atoms with Gasteiger partial charge in [0.2, 0.25) is 0 Å². The molecule has 0 aliphatic heterocycles. The molecular formula is C19H16N4OS. The molecule has 25 heavy (non-hydrogen) atoms. The molecular weight excluding hydrogens is 332 g/mol. The van der Waals surface area contributed by atoms with Crippen molar-refractivity contribution in [3.8, 4) is 11.8 Å². The lowest BCUT2D eigenvalue weighted by Gasteiger charge is -2.10. The Balaban J connectivity index is 1.76. The SMILES string of the molecule is Cc1nnc(SCC(=O)C(C#N)c2ccccc2)n1-c1ccccc1. The highest BCUT2D eigenvalue weighted by Crippen LogP contribution is 2.24. The average molecular weight is 348 g/mol. The largest absolute Gasteiger partial charge is 0.297 e. The van der Waals surface area contributed by atoms with Crippen molar-refractivity contribution in [2.45, 2.75) is 18.0 Å². The summed E-state index contributed by atoms with van der Waals surface area (Å²) >= 11 is 1.30. The molecule has 3 aromatic rings. The zero-order valence-corrected chi connectivity index (χ0v) is 14.5. The van der Waals surface area contributed by atoms with Gasteiger partial charge in [0.15, 0.2) is 10.9 Å². The summed E-state index contributed by atoms with van der Waals surface area (Å²) in [5.74, 6) is 0.0147. The normalized spacial score (nSPS) is 11.7. The van der Waals surface area contributed by atoms with Crippen molar-refractivity contribution in [2.75, 3.05) is 5.75 Å². The number of nitrogens with zero attached hydrogens (tertiary/aromatic N) is 4. The smallest absolute Gasteiger partial charge is 0.196 e. The van der Waals surface area contributed by atoms with Gasteiger partial charge in [0.1, 0.15) is 11.7 Å². The zero-order chi connectivity index (χ0) is 17.6. The Labute approximate surface area is 150 Å². The fraction of sp³-hybridized carbons (Fsp3) is 0.158. The van der Waals surface area contributed by atoms with Gasteiger partial charge in [0, 0.05) is 5.69 Å². The number of hydrogen-bond acceptors (Lipinski definition) is 5. The summed E-state index contributed by atoms with van der Waals surface area (Å²) < 4.78 is 1.90. The number of ketones is 1. The van der Waals surface area contributed by atoms with Crippen LogP contribution < -0.4 is 0 Å². The van der Waals surface area contributed by atoms with E-state index in [-0.39, 0.29) is 11.5 Å². The van der Waals surface area contributed by atoms with Crippen molar-refractivity contribution in [1.29, 1.82) is 5.26 Å². The van der Waals surface area contributed by atoms with Crippen LogP contribution >= 0.6 is 11.8 Å². The van der Waals surface area contributed by atoms with Crippen molar-refractivity contribution in [3.63, 3.8) is 0 Å². The van der Waals surface area contributed by atoms with Gasteiger partial charge in [0.25, 0.3) is 0 Å². The molecule has 0 fully saturated rings. The summed E-state index contributed by atoms with van der Waals surface area (Å²) in [7, 11) is 0. The molecule has 1 atom stereocenters. The first-order valence-corrected chi connectivity index (χ1v) is 8.77. The van der Waals surface area contributed by atoms with Gasteiger partial charge >= 0.3 is 0 Å². The topological polar surface area (TPSA) is 71.6 Å². The Morgan fingerprint density at radius 1 is 1.12 bits per heavy atom. The maximum absolute atomic E-state index is 12.5. The second kappa shape index (κ2) is 7.77. The Morgan fingerprint density at radius 3 is 2.40 bits per heavy atom. The minimum atomic E-state index is -0.761. The number of carbonyl (C=O) groups excluding carboxylic acids is 1. The summed E-state index contributed by atoms with van der Waals surface area (Å²) in [6, 6.07) is 21.0. The van der Waals surface area contributed by atoms with Crippen LogP contribution in [-0.2, 0) is 4.79 Å². The monoisotopic (exact) mass is 348 g/mol. The molecule has 0 aliphatic rings. The van der Waals surface area contributed by atoms with Crippen molar-refractivity contribution in [2.24, 2.45) is 0 Å². The third kappa shape index (κ3) is 3.78. The first-order chi connectivity index (χ1) is 12.2. The Morgan fingerprint density at radius 2 is 1.76 bits per heavy atom. The number of thioether (sulfide) groups is 1. The molecule has 1 unspecified atom stereocenters. The van der Waals surface area contributed by atoms with Crippen LogP contribution in [0.5, 0.6) is 0 Å². The van der Waals surface area contributed by atoms with Gasteiger partial charge in [0.05, 0.1) is 11.8 Å². The highest BCUT2D eigenvalue weighted by molar-refractivity contribution is 7.99. The third-order valence-corrected chi connectivity index (χ3v) is 4.69. The Bertz CT molecular complexity index is 900. The number of carbonyl (C=O) groups is 1. The van der Waals surface area contributed by atoms with E-state index < -0.39 is 5.92 Å². The van der Waals surface area contributed by atoms with Gasteiger partial charge in [-0.2, -0.15) is 5.26 Å². The number of rotatable bonds is 6. The maximum Gasteiger partial charge on any atom is 0.196 e. The number of aryl methyl sites for hydroxylation is 1. The first kappa shape index (κ1) is 16.9. The molecule has 0 bridgehead atoms. The average Bonchev–Trinajstić information content (AvgIpc) is 3.03. The van der Waals surface area contributed by atoms with Crippen LogP contribution in [0.1, 0.15) is 17.3 Å². The minimum absolute atomic E-state index is 0.140. The van der Waals surface area contributed by atoms with E-state index in [1.165, 1.54) is 11.8 Å². The molecule has 0 aliphatic carbocycles. The summed E-state index contributed by atoms with van der Waals surface area (Å²) in [5.41, 5.74) is 1.66. The summed E-state index contributed by atoms with van der Waals surface area (Å²) in [5, 5.41) is 18.3. The molecule has 0 N–H and O–H groups in total. The van der Waals surface area contributed by atoms with E-state index in [1.807, 2.05) is 60.0 Å². The number of aromatic nitrogens is 3. The van der Waals surface area contributed by atoms with E-state index in [2.05, 4.69) is 16.3 Å². The summed E-state index contributed by atoms with van der Waals surface area (Å²) in [6.07, 6.45) is 0. The van der Waals surface area contributed by atoms with Gasteiger partial charge in [-0.25, -0.2) is 0 Å². The molecule has 5 nitrogen and oxygen atoms in total. The van der Waals surface area contributed by atoms with Crippen LogP contribution in [-0.4, -0.2) is 26.3 Å². The standard InChI is InChI=1S/C19H16N4OS/c1-14-21-22-19(23(14)16-10-6-3-7-11-16)25-13-18(24)17(12-20)15-8-4-2-5-9-15/h2-11,17H,13H2,1H3. The molecule has 3 rings (SSSR count). The predicted octanol–water partition coefficient (Wildman–Crippen LogP) is 3.54. The van der Waals surface area contributed by atoms with Crippen LogP contribution in [0.15, 0.2) is 65.8 Å². The molecule has 2 aromatic carbocycles. The van der Waals surface area contributed by atoms with Crippen molar-refractivity contribution < 1.29 is 4.79 Å². The van der Waals surface area contributed by atoms with Crippen molar-refractivity contribution in [1.82, 2.24) is 14.8 Å². The zero-order valence-electron chi connectivity index (χ0n) is 13.7. The van der Waals surface area contributed by atoms with Gasteiger partial charge in [-0.15, -0.1) is 10.2 Å². The van der Waals surface area contributed by atoms with Crippen LogP contribution in [0.3, 0.4) is 0 Å². The molecule has 0 spiro atoms. The van der Waals surface area contributed by atoms with E-state index in [9.17, 15) is 10.1 Å². The summed E-state index contributed by atoms with van der Waals surface area (Å²) in [4.78, 5) is 12.5. The lowest BCUT2D eigenvalue weighted by Crippen LogP contribution is -2.13. The minimum Gasteiger partial charge on any atom is -0.297 e. The van der Waals surface area contributed by atoms with E-state index in [1.54, 1.807) is 12.1 Å². The molecule has 0 saturated heterocycles. The lowest BCUT2D eigenvalue weighted by molar-refractivity contribution is -0.116. The second-order valence-electron chi connectivity index (χ2n) is 5.43. The maximum atomic E-state index is 12.5. The predicted molar refractivity (Wildman–Crippen MR) is 96.6 cm³/mol. The molecule has 1 aromatic heterocycles. The van der Waals surface area contributed by atoms with Crippen LogP contribution in [0.25, 0.3) is 5.69 Å². The molecule has 0 amide bonds. The third-order valence-electron chi connectivity index (χ3n) is 3.74. The van der Waals surface area contributed by atoms with Crippen LogP contribution in [0.4, 0.5) is 0 Å². The highest BCUT2D eigenvalue weighted by atomic mass is 32.2. The van der Waals surface area contributed by atoms with Crippen molar-refractivity contribution in [3.05, 3.63) is 72.1 Å². The van der Waals surface area contributed by atoms with Crippen LogP contribution in [0, 0.1) is 18.3 Å². The fourth-order valence-corrected chi connectivity index (χ4v) is 3.41. The highest BCUT2D eigenvalue weighted by Gasteiger charge is 2.21. The van der Waals surface area contributed by atoms with E-state index in [4.69, 9.17) is 0 Å². The number of nitriles is 1. The molecule has 124 valence electrons. The number of para-hydroxylation sites is 1. The van der Waals surface area contributed by atoms with E-state index >= 15 is 0 Å². The van der Waals surface area contributed by atoms with Gasteiger partial charge in [-0.1, -0.05) is 60.3 Å². The van der Waals surface area contributed by atoms with E-state index in [0.29, 0.717) is 5.16 Å². The fourth-order valence-electron chi connectivity index (χ4n) is 2.51. The second-order valence-corrected chi connectivity index (χ2v) is 6.37. The number of hydrogen-bond donors (Lipinski definition) is 0. The van der Waals surface area contributed by atoms with Gasteiger partial charge in [-0.3, -0.25) is 9.36 Å². The Hall–Kier alpha value is -2.91. The molecule has 1 heterocycles. The first-order valence-electron chi connectivity index (χ1n) is 7.78.